The molecule has 1 N–H and O–H groups in total. The van der Waals surface area contributed by atoms with E-state index in [9.17, 15) is 0 Å². The molecule has 0 aliphatic carbocycles. The van der Waals surface area contributed by atoms with E-state index < -0.39 is 0 Å². The van der Waals surface area contributed by atoms with Gasteiger partial charge in [0.15, 0.2) is 11.5 Å². The lowest BCUT2D eigenvalue weighted by molar-refractivity contribution is 0.302. The molecule has 0 radical (unpaired) electrons. The maximum absolute atomic E-state index is 5.56. The van der Waals surface area contributed by atoms with Gasteiger partial charge in [0, 0.05) is 17.9 Å². The first-order chi connectivity index (χ1) is 10.8. The summed E-state index contributed by atoms with van der Waals surface area (Å²) in [5, 5.41) is 3.66. The number of rotatable bonds is 4. The number of fused-ring (bicyclic) bond motifs is 1. The van der Waals surface area contributed by atoms with Crippen molar-refractivity contribution in [3.63, 3.8) is 0 Å². The average Bonchev–Trinajstić information content (AvgIpc) is 3.03. The lowest BCUT2D eigenvalue weighted by Crippen LogP contribution is -2.36. The summed E-state index contributed by atoms with van der Waals surface area (Å²) >= 11 is 0. The van der Waals surface area contributed by atoms with Crippen molar-refractivity contribution in [2.24, 2.45) is 5.41 Å². The average molecular weight is 312 g/mol. The highest BCUT2D eigenvalue weighted by molar-refractivity contribution is 5.72. The molecule has 122 valence electrons. The van der Waals surface area contributed by atoms with E-state index in [-0.39, 0.29) is 11.0 Å². The van der Waals surface area contributed by atoms with E-state index in [0.717, 1.165) is 23.7 Å². The Bertz CT molecular complexity index is 794. The number of aromatic nitrogens is 3. The van der Waals surface area contributed by atoms with Gasteiger partial charge in [0.1, 0.15) is 5.82 Å². The van der Waals surface area contributed by atoms with Crippen molar-refractivity contribution in [3.8, 4) is 11.5 Å². The predicted molar refractivity (Wildman–Crippen MR) is 92.5 cm³/mol. The fourth-order valence-corrected chi connectivity index (χ4v) is 3.28. The van der Waals surface area contributed by atoms with Crippen LogP contribution in [-0.2, 0) is 0 Å². The van der Waals surface area contributed by atoms with Crippen LogP contribution in [0.25, 0.3) is 17.2 Å². The Morgan fingerprint density at radius 2 is 1.96 bits per heavy atom. The van der Waals surface area contributed by atoms with Crippen molar-refractivity contribution in [1.82, 2.24) is 14.4 Å². The lowest BCUT2D eigenvalue weighted by atomic mass is 9.82. The number of nitrogens with one attached hydrogen (secondary N) is 1. The van der Waals surface area contributed by atoms with Gasteiger partial charge >= 0.3 is 0 Å². The highest BCUT2D eigenvalue weighted by Crippen LogP contribution is 2.34. The molecule has 3 aromatic heterocycles. The van der Waals surface area contributed by atoms with E-state index in [4.69, 9.17) is 4.42 Å². The van der Waals surface area contributed by atoms with Gasteiger partial charge in [-0.2, -0.15) is 0 Å². The molecule has 3 heterocycles. The number of hydrogen-bond donors (Lipinski definition) is 1. The maximum Gasteiger partial charge on any atom is 0.236 e. The fourth-order valence-electron chi connectivity index (χ4n) is 3.28. The number of anilines is 1. The van der Waals surface area contributed by atoms with Crippen LogP contribution in [0.5, 0.6) is 0 Å². The maximum atomic E-state index is 5.56. The SMILES string of the molecule is CC(C)(C)CC(C)(C)Nc1c(-c2ccco2)nc2ncccn12. The van der Waals surface area contributed by atoms with E-state index in [2.05, 4.69) is 49.9 Å². The van der Waals surface area contributed by atoms with Gasteiger partial charge < -0.3 is 9.73 Å². The second-order valence-corrected chi connectivity index (χ2v) is 7.82. The molecule has 0 atom stereocenters. The van der Waals surface area contributed by atoms with Gasteiger partial charge in [0.05, 0.1) is 6.26 Å². The monoisotopic (exact) mass is 312 g/mol. The first-order valence-electron chi connectivity index (χ1n) is 7.90. The van der Waals surface area contributed by atoms with Gasteiger partial charge in [-0.15, -0.1) is 0 Å². The smallest absolute Gasteiger partial charge is 0.236 e. The predicted octanol–water partition coefficient (Wildman–Crippen LogP) is 4.62. The highest BCUT2D eigenvalue weighted by Gasteiger charge is 2.28. The molecule has 0 aromatic carbocycles. The van der Waals surface area contributed by atoms with Crippen LogP contribution in [0.4, 0.5) is 5.82 Å². The second-order valence-electron chi connectivity index (χ2n) is 7.82. The molecule has 0 aliphatic heterocycles. The Morgan fingerprint density at radius 3 is 2.61 bits per heavy atom. The summed E-state index contributed by atoms with van der Waals surface area (Å²) in [5.74, 6) is 2.31. The first kappa shape index (κ1) is 15.6. The minimum atomic E-state index is -0.0919. The van der Waals surface area contributed by atoms with Crippen LogP contribution in [0.1, 0.15) is 41.0 Å². The molecule has 0 saturated heterocycles. The minimum absolute atomic E-state index is 0.0919. The zero-order valence-electron chi connectivity index (χ0n) is 14.4. The van der Waals surface area contributed by atoms with E-state index >= 15 is 0 Å². The first-order valence-corrected chi connectivity index (χ1v) is 7.90. The Labute approximate surface area is 136 Å². The molecule has 0 aliphatic rings. The summed E-state index contributed by atoms with van der Waals surface area (Å²) in [4.78, 5) is 8.98. The largest absolute Gasteiger partial charge is 0.463 e. The molecule has 0 unspecified atom stereocenters. The van der Waals surface area contributed by atoms with Crippen LogP contribution in [0.15, 0.2) is 41.3 Å². The Morgan fingerprint density at radius 1 is 1.17 bits per heavy atom. The van der Waals surface area contributed by atoms with Gasteiger partial charge in [-0.1, -0.05) is 20.8 Å². The summed E-state index contributed by atoms with van der Waals surface area (Å²) in [7, 11) is 0. The van der Waals surface area contributed by atoms with E-state index in [0.29, 0.717) is 5.78 Å². The fraction of sp³-hybridized carbons (Fsp3) is 0.444. The lowest BCUT2D eigenvalue weighted by Gasteiger charge is -2.34. The van der Waals surface area contributed by atoms with Crippen LogP contribution in [0.3, 0.4) is 0 Å². The molecule has 5 heteroatoms. The summed E-state index contributed by atoms with van der Waals surface area (Å²) in [6.45, 7) is 11.2. The zero-order valence-corrected chi connectivity index (χ0v) is 14.4. The number of hydrogen-bond acceptors (Lipinski definition) is 4. The van der Waals surface area contributed by atoms with Crippen molar-refractivity contribution in [2.45, 2.75) is 46.6 Å². The summed E-state index contributed by atoms with van der Waals surface area (Å²) in [6.07, 6.45) is 6.40. The van der Waals surface area contributed by atoms with Crippen LogP contribution in [0, 0.1) is 5.41 Å². The third-order valence-corrected chi connectivity index (χ3v) is 3.59. The van der Waals surface area contributed by atoms with Crippen LogP contribution in [-0.4, -0.2) is 19.9 Å². The summed E-state index contributed by atoms with van der Waals surface area (Å²) in [6, 6.07) is 5.70. The quantitative estimate of drug-likeness (QED) is 0.764. The third-order valence-electron chi connectivity index (χ3n) is 3.59. The third kappa shape index (κ3) is 3.38. The Hall–Kier alpha value is -2.30. The van der Waals surface area contributed by atoms with E-state index in [1.165, 1.54) is 0 Å². The van der Waals surface area contributed by atoms with Gasteiger partial charge in [0.2, 0.25) is 5.78 Å². The van der Waals surface area contributed by atoms with Gasteiger partial charge in [0.25, 0.3) is 0 Å². The molecule has 3 aromatic rings. The normalized spacial score (nSPS) is 12.7. The topological polar surface area (TPSA) is 55.4 Å². The molecule has 23 heavy (non-hydrogen) atoms. The molecule has 0 fully saturated rings. The van der Waals surface area contributed by atoms with Crippen LogP contribution < -0.4 is 5.32 Å². The molecule has 0 saturated carbocycles. The molecule has 5 nitrogen and oxygen atoms in total. The second kappa shape index (κ2) is 5.41. The molecule has 0 spiro atoms. The zero-order chi connectivity index (χ0) is 16.7. The number of imidazole rings is 1. The van der Waals surface area contributed by atoms with Crippen molar-refractivity contribution >= 4 is 11.6 Å². The molecule has 0 amide bonds. The van der Waals surface area contributed by atoms with Crippen molar-refractivity contribution < 1.29 is 4.42 Å². The van der Waals surface area contributed by atoms with E-state index in [1.54, 1.807) is 12.5 Å². The molecular weight excluding hydrogens is 288 g/mol. The Kier molecular flexibility index (Phi) is 3.66. The number of furan rings is 1. The highest BCUT2D eigenvalue weighted by atomic mass is 16.3. The van der Waals surface area contributed by atoms with Crippen LogP contribution in [0.2, 0.25) is 0 Å². The van der Waals surface area contributed by atoms with Crippen molar-refractivity contribution in [1.29, 1.82) is 0 Å². The van der Waals surface area contributed by atoms with Gasteiger partial charge in [-0.3, -0.25) is 4.40 Å². The minimum Gasteiger partial charge on any atom is -0.463 e. The van der Waals surface area contributed by atoms with Gasteiger partial charge in [-0.25, -0.2) is 9.97 Å². The summed E-state index contributed by atoms with van der Waals surface area (Å²) < 4.78 is 7.54. The number of nitrogens with zero attached hydrogens (tertiary/aromatic N) is 3. The van der Waals surface area contributed by atoms with Crippen molar-refractivity contribution in [3.05, 3.63) is 36.9 Å². The molecular formula is C18H24N4O. The van der Waals surface area contributed by atoms with Crippen molar-refractivity contribution in [2.75, 3.05) is 5.32 Å². The Balaban J connectivity index is 2.07. The standard InChI is InChI=1S/C18H24N4O/c1-17(2,3)12-18(4,5)21-15-14(13-8-6-11-23-13)20-16-19-9-7-10-22(15)16/h6-11,21H,12H2,1-5H3. The molecule has 3 rings (SSSR count). The van der Waals surface area contributed by atoms with Gasteiger partial charge in [-0.05, 0) is 43.9 Å². The van der Waals surface area contributed by atoms with E-state index in [1.807, 2.05) is 28.8 Å². The van der Waals surface area contributed by atoms with Crippen LogP contribution >= 0.6 is 0 Å². The summed E-state index contributed by atoms with van der Waals surface area (Å²) in [5.41, 5.74) is 0.918. The molecule has 0 bridgehead atoms.